The van der Waals surface area contributed by atoms with Crippen LogP contribution in [0.25, 0.3) is 0 Å². The molecule has 11 heteroatoms. The third-order valence-corrected chi connectivity index (χ3v) is 15.7. The van der Waals surface area contributed by atoms with E-state index in [0.717, 1.165) is 99.1 Å². The van der Waals surface area contributed by atoms with Crippen LogP contribution in [0.3, 0.4) is 0 Å². The van der Waals surface area contributed by atoms with Crippen LogP contribution in [-0.2, 0) is 25.7 Å². The number of ether oxygens (including phenoxy) is 3. The van der Waals surface area contributed by atoms with Crippen LogP contribution >= 0.6 is 24.8 Å². The topological polar surface area (TPSA) is 101 Å². The highest BCUT2D eigenvalue weighted by molar-refractivity contribution is 5.85. The largest absolute Gasteiger partial charge is 0.508 e. The summed E-state index contributed by atoms with van der Waals surface area (Å²) in [5.74, 6) is 2.81. The number of hydrogen-bond donors (Lipinski definition) is 2. The number of aromatic hydroxyl groups is 1. The lowest BCUT2D eigenvalue weighted by molar-refractivity contribution is 0.107. The molecule has 0 saturated carbocycles. The van der Waals surface area contributed by atoms with Crippen molar-refractivity contribution in [1.82, 2.24) is 14.7 Å². The fourth-order valence-electron chi connectivity index (χ4n) is 11.3. The monoisotopic (exact) mass is 1160 g/mol. The second-order valence-electron chi connectivity index (χ2n) is 24.0. The van der Waals surface area contributed by atoms with Gasteiger partial charge in [0.1, 0.15) is 23.0 Å². The summed E-state index contributed by atoms with van der Waals surface area (Å²) in [6.45, 7) is 28.6. The van der Waals surface area contributed by atoms with E-state index in [0.29, 0.717) is 68.4 Å². The van der Waals surface area contributed by atoms with Gasteiger partial charge in [-0.25, -0.2) is 4.79 Å². The molecule has 6 aromatic rings. The van der Waals surface area contributed by atoms with Gasteiger partial charge >= 0.3 is 6.09 Å². The Morgan fingerprint density at radius 1 is 0.500 bits per heavy atom. The molecule has 3 N–H and O–H groups in total. The predicted molar refractivity (Wildman–Crippen MR) is 348 cm³/mol. The van der Waals surface area contributed by atoms with Crippen molar-refractivity contribution in [2.24, 2.45) is 5.73 Å². The van der Waals surface area contributed by atoms with Crippen LogP contribution in [-0.4, -0.2) is 95.0 Å². The van der Waals surface area contributed by atoms with Gasteiger partial charge in [0.15, 0.2) is 0 Å². The van der Waals surface area contributed by atoms with Crippen LogP contribution in [0, 0.1) is 0 Å². The number of rotatable bonds is 32. The second-order valence-corrected chi connectivity index (χ2v) is 24.0. The number of carbonyl (C=O) groups is 1. The Balaban J connectivity index is 0.00000722. The number of nitrogens with zero attached hydrogens (tertiary/aromatic N) is 3. The lowest BCUT2D eigenvalue weighted by Gasteiger charge is -2.35. The Labute approximate surface area is 507 Å². The molecule has 0 radical (unpaired) electrons. The molecule has 0 unspecified atom stereocenters. The molecule has 0 fully saturated rings. The number of benzene rings is 6. The Kier molecular flexibility index (Phi) is 29.4. The van der Waals surface area contributed by atoms with Gasteiger partial charge in [-0.15, -0.1) is 24.8 Å². The van der Waals surface area contributed by atoms with Gasteiger partial charge in [0.25, 0.3) is 0 Å². The van der Waals surface area contributed by atoms with Crippen molar-refractivity contribution in [2.75, 3.05) is 39.4 Å². The van der Waals surface area contributed by atoms with Gasteiger partial charge in [0.2, 0.25) is 0 Å². The van der Waals surface area contributed by atoms with Gasteiger partial charge in [-0.2, -0.15) is 0 Å². The van der Waals surface area contributed by atoms with E-state index >= 15 is 0 Å². The maximum atomic E-state index is 14.6. The highest BCUT2D eigenvalue weighted by Gasteiger charge is 2.30. The van der Waals surface area contributed by atoms with Crippen molar-refractivity contribution in [3.8, 4) is 23.0 Å². The van der Waals surface area contributed by atoms with Gasteiger partial charge in [-0.05, 0) is 230 Å². The zero-order chi connectivity index (χ0) is 57.6. The fraction of sp³-hybridized carbons (Fsp3) is 0.479. The molecule has 0 aliphatic heterocycles. The van der Waals surface area contributed by atoms with E-state index in [-0.39, 0.29) is 42.7 Å². The van der Waals surface area contributed by atoms with E-state index in [1.807, 2.05) is 41.3 Å². The number of amides is 1. The highest BCUT2D eigenvalue weighted by Crippen LogP contribution is 2.38. The van der Waals surface area contributed by atoms with Crippen molar-refractivity contribution in [2.45, 2.75) is 182 Å². The summed E-state index contributed by atoms with van der Waals surface area (Å²) in [7, 11) is 0. The molecule has 448 valence electrons. The van der Waals surface area contributed by atoms with E-state index in [1.165, 1.54) is 27.8 Å². The number of phenols is 1. The third kappa shape index (κ3) is 21.6. The summed E-state index contributed by atoms with van der Waals surface area (Å²) in [6, 6.07) is 52.2. The second kappa shape index (κ2) is 34.9. The van der Waals surface area contributed by atoms with E-state index in [9.17, 15) is 9.90 Å². The van der Waals surface area contributed by atoms with Gasteiger partial charge in [-0.1, -0.05) is 109 Å². The Bertz CT molecular complexity index is 2720. The van der Waals surface area contributed by atoms with Crippen LogP contribution in [0.1, 0.15) is 171 Å². The lowest BCUT2D eigenvalue weighted by atomic mass is 9.86. The smallest absolute Gasteiger partial charge is 0.415 e. The Morgan fingerprint density at radius 2 is 0.915 bits per heavy atom. The van der Waals surface area contributed by atoms with Crippen LogP contribution in [0.4, 0.5) is 4.79 Å². The van der Waals surface area contributed by atoms with Gasteiger partial charge in [0.05, 0.1) is 13.2 Å². The molecule has 1 amide bonds. The van der Waals surface area contributed by atoms with Crippen LogP contribution in [0.2, 0.25) is 0 Å². The van der Waals surface area contributed by atoms with Crippen LogP contribution < -0.4 is 19.9 Å². The van der Waals surface area contributed by atoms with E-state index in [4.69, 9.17) is 19.9 Å². The number of carbonyl (C=O) groups excluding carboxylic acids is 1. The maximum absolute atomic E-state index is 14.6. The fourth-order valence-corrected chi connectivity index (χ4v) is 11.3. The summed E-state index contributed by atoms with van der Waals surface area (Å²) in [4.78, 5) is 21.5. The molecule has 9 nitrogen and oxygen atoms in total. The SMILES string of the molecule is CC(C)N(CC[C@H](c1ccccc1)c1cc(CCCCOc2ccc(CCN(C(=O)Oc3ccc(CCCCOc4ccc(CCN)cc4)cc3[C@H](CCN(C(C)C)C(C)C)c3ccccc3)C(C)(C)C)cc2)ccc1O)C(C)C.Cl.Cl. The first-order valence-electron chi connectivity index (χ1n) is 30.1. The van der Waals surface area contributed by atoms with Crippen LogP contribution in [0.15, 0.2) is 146 Å². The average Bonchev–Trinajstić information content (AvgIpc) is 3.55. The highest BCUT2D eigenvalue weighted by atomic mass is 35.5. The van der Waals surface area contributed by atoms with E-state index < -0.39 is 5.54 Å². The zero-order valence-electron chi connectivity index (χ0n) is 51.4. The molecule has 6 aromatic carbocycles. The summed E-state index contributed by atoms with van der Waals surface area (Å²) in [5, 5.41) is 11.2. The average molecular weight is 1160 g/mol. The minimum atomic E-state index is -0.489. The normalized spacial score (nSPS) is 12.4. The number of nitrogens with two attached hydrogens (primary N) is 1. The quantitative estimate of drug-likeness (QED) is 0.0403. The zero-order valence-corrected chi connectivity index (χ0v) is 53.1. The number of halogens is 2. The molecule has 0 saturated heterocycles. The first-order chi connectivity index (χ1) is 38.4. The molecule has 0 aliphatic rings. The van der Waals surface area contributed by atoms with Crippen molar-refractivity contribution in [3.63, 3.8) is 0 Å². The molecular formula is C71H100Cl2N4O5. The summed E-state index contributed by atoms with van der Waals surface area (Å²) in [6.07, 6.45) is 8.56. The number of phenolic OH excluding ortho intramolecular Hbond substituents is 1. The Hall–Kier alpha value is -5.55. The maximum Gasteiger partial charge on any atom is 0.415 e. The number of hydrogen-bond acceptors (Lipinski definition) is 8. The lowest BCUT2D eigenvalue weighted by Crippen LogP contribution is -2.48. The van der Waals surface area contributed by atoms with Crippen molar-refractivity contribution in [3.05, 3.63) is 190 Å². The van der Waals surface area contributed by atoms with Gasteiger partial charge in [-0.3, -0.25) is 9.80 Å². The number of aryl methyl sites for hydroxylation is 2. The third-order valence-electron chi connectivity index (χ3n) is 15.7. The molecular weight excluding hydrogens is 1060 g/mol. The molecule has 0 heterocycles. The van der Waals surface area contributed by atoms with Crippen molar-refractivity contribution < 1.29 is 24.1 Å². The Morgan fingerprint density at radius 3 is 1.35 bits per heavy atom. The van der Waals surface area contributed by atoms with Crippen molar-refractivity contribution >= 4 is 30.9 Å². The van der Waals surface area contributed by atoms with E-state index in [2.05, 4.69) is 195 Å². The van der Waals surface area contributed by atoms with Crippen LogP contribution in [0.5, 0.6) is 23.0 Å². The summed E-state index contributed by atoms with van der Waals surface area (Å²) >= 11 is 0. The standard InChI is InChI=1S/C71H98N4O5.2ClH/c1-52(2)73(53(3)4)45-42-64(60-24-14-12-15-25-60)66-50-58(32-38-68(66)76)22-18-20-48-79-63-36-30-57(31-37-63)41-47-75(71(9,10)11)70(77)80-69-39-33-59(23-19-21-49-78-62-34-28-56(29-35-62)40-44-72)51-67(69)65(61-26-16-13-17-27-61)43-46-74(54(5)6)55(7)8;;/h12-17,24-39,50-55,64-65,76H,18-23,40-49,72H2,1-11H3;2*1H/t64-,65-;;/m1../s1. The predicted octanol–water partition coefficient (Wildman–Crippen LogP) is 16.7. The molecule has 82 heavy (non-hydrogen) atoms. The first kappa shape index (κ1) is 68.9. The summed E-state index contributed by atoms with van der Waals surface area (Å²) < 4.78 is 19.0. The molecule has 0 aliphatic carbocycles. The molecule has 0 bridgehead atoms. The minimum Gasteiger partial charge on any atom is -0.508 e. The molecule has 2 atom stereocenters. The van der Waals surface area contributed by atoms with Crippen molar-refractivity contribution in [1.29, 1.82) is 0 Å². The number of unbranched alkanes of at least 4 members (excludes halogenated alkanes) is 2. The van der Waals surface area contributed by atoms with Gasteiger partial charge < -0.3 is 30.0 Å². The minimum absolute atomic E-state index is 0. The molecule has 6 rings (SSSR count). The first-order valence-corrected chi connectivity index (χ1v) is 30.1. The summed E-state index contributed by atoms with van der Waals surface area (Å²) in [5.41, 5.74) is 14.5. The molecule has 0 spiro atoms. The molecule has 0 aromatic heterocycles. The van der Waals surface area contributed by atoms with E-state index in [1.54, 1.807) is 0 Å². The van der Waals surface area contributed by atoms with Gasteiger partial charge in [0, 0.05) is 59.2 Å².